The minimum Gasteiger partial charge on any atom is -0.341 e. The lowest BCUT2D eigenvalue weighted by atomic mass is 10.1. The molecule has 1 aromatic heterocycles. The highest BCUT2D eigenvalue weighted by Gasteiger charge is 2.28. The monoisotopic (exact) mass is 316 g/mol. The molecule has 1 aliphatic heterocycles. The summed E-state index contributed by atoms with van der Waals surface area (Å²) < 4.78 is 0. The number of hydrogen-bond donors (Lipinski definition) is 1. The summed E-state index contributed by atoms with van der Waals surface area (Å²) in [6.07, 6.45) is 2.33. The van der Waals surface area contributed by atoms with Crippen molar-refractivity contribution in [3.8, 4) is 6.07 Å². The molecule has 0 aliphatic carbocycles. The van der Waals surface area contributed by atoms with Crippen LogP contribution in [0.4, 0.5) is 0 Å². The molecule has 4 heteroatoms. The molecule has 1 N–H and O–H groups in total. The number of nitriles is 1. The molecule has 24 heavy (non-hydrogen) atoms. The second-order valence-corrected chi connectivity index (χ2v) is 6.58. The maximum Gasteiger partial charge on any atom is 0.124 e. The van der Waals surface area contributed by atoms with Crippen LogP contribution in [0.2, 0.25) is 0 Å². The van der Waals surface area contributed by atoms with E-state index in [0.717, 1.165) is 36.4 Å². The number of imidazole rings is 1. The van der Waals surface area contributed by atoms with Crippen molar-refractivity contribution in [3.05, 3.63) is 65.0 Å². The van der Waals surface area contributed by atoms with Crippen molar-refractivity contribution in [2.45, 2.75) is 32.4 Å². The minimum absolute atomic E-state index is 0.341. The number of nitrogens with one attached hydrogen (secondary N) is 1. The van der Waals surface area contributed by atoms with Crippen LogP contribution in [0.25, 0.3) is 11.0 Å². The van der Waals surface area contributed by atoms with E-state index in [0.29, 0.717) is 11.6 Å². The van der Waals surface area contributed by atoms with Crippen molar-refractivity contribution in [2.24, 2.45) is 0 Å². The van der Waals surface area contributed by atoms with Gasteiger partial charge in [0.05, 0.1) is 28.7 Å². The van der Waals surface area contributed by atoms with Gasteiger partial charge in [-0.3, -0.25) is 4.90 Å². The smallest absolute Gasteiger partial charge is 0.124 e. The van der Waals surface area contributed by atoms with Gasteiger partial charge in [-0.1, -0.05) is 18.2 Å². The summed E-state index contributed by atoms with van der Waals surface area (Å²) in [5, 5.41) is 8.92. The van der Waals surface area contributed by atoms with Gasteiger partial charge in [-0.2, -0.15) is 5.26 Å². The number of nitrogens with zero attached hydrogens (tertiary/aromatic N) is 3. The summed E-state index contributed by atoms with van der Waals surface area (Å²) in [5.41, 5.74) is 5.37. The van der Waals surface area contributed by atoms with E-state index in [1.807, 2.05) is 12.1 Å². The number of hydrogen-bond acceptors (Lipinski definition) is 3. The Morgan fingerprint density at radius 3 is 2.88 bits per heavy atom. The Labute approximate surface area is 141 Å². The second kappa shape index (κ2) is 6.10. The van der Waals surface area contributed by atoms with Gasteiger partial charge in [0, 0.05) is 6.54 Å². The van der Waals surface area contributed by atoms with Crippen molar-refractivity contribution in [1.29, 1.82) is 5.26 Å². The molecular weight excluding hydrogens is 296 g/mol. The molecule has 4 rings (SSSR count). The standard InChI is InChI=1S/C20H20N4/c1-14-4-9-17-18(11-14)23-20(22-17)19-3-2-10-24(19)13-16-7-5-15(12-21)6-8-16/h4-9,11,19H,2-3,10,13H2,1H3,(H,22,23). The summed E-state index contributed by atoms with van der Waals surface area (Å²) >= 11 is 0. The summed E-state index contributed by atoms with van der Waals surface area (Å²) in [6, 6.07) is 16.8. The maximum absolute atomic E-state index is 8.92. The fourth-order valence-corrected chi connectivity index (χ4v) is 3.55. The number of fused-ring (bicyclic) bond motifs is 1. The SMILES string of the molecule is Cc1ccc2nc(C3CCCN3Cc3ccc(C#N)cc3)[nH]c2c1. The van der Waals surface area contributed by atoms with Crippen LogP contribution < -0.4 is 0 Å². The zero-order valence-corrected chi connectivity index (χ0v) is 13.8. The number of H-pyrrole nitrogens is 1. The highest BCUT2D eigenvalue weighted by Crippen LogP contribution is 2.32. The van der Waals surface area contributed by atoms with Crippen molar-refractivity contribution in [1.82, 2.24) is 14.9 Å². The van der Waals surface area contributed by atoms with Gasteiger partial charge in [0.2, 0.25) is 0 Å². The first-order chi connectivity index (χ1) is 11.7. The Hall–Kier alpha value is -2.64. The predicted molar refractivity (Wildman–Crippen MR) is 94.4 cm³/mol. The second-order valence-electron chi connectivity index (χ2n) is 6.58. The third-order valence-electron chi connectivity index (χ3n) is 4.80. The molecule has 1 aliphatic rings. The minimum atomic E-state index is 0.341. The summed E-state index contributed by atoms with van der Waals surface area (Å²) in [4.78, 5) is 10.8. The third-order valence-corrected chi connectivity index (χ3v) is 4.80. The summed E-state index contributed by atoms with van der Waals surface area (Å²) in [5.74, 6) is 1.07. The molecule has 1 saturated heterocycles. The van der Waals surface area contributed by atoms with Crippen LogP contribution >= 0.6 is 0 Å². The van der Waals surface area contributed by atoms with E-state index in [4.69, 9.17) is 10.2 Å². The van der Waals surface area contributed by atoms with Crippen LogP contribution in [0.3, 0.4) is 0 Å². The quantitative estimate of drug-likeness (QED) is 0.792. The fourth-order valence-electron chi connectivity index (χ4n) is 3.55. The predicted octanol–water partition coefficient (Wildman–Crippen LogP) is 4.08. The number of aromatic amines is 1. The van der Waals surface area contributed by atoms with Crippen LogP contribution in [0.15, 0.2) is 42.5 Å². The summed E-state index contributed by atoms with van der Waals surface area (Å²) in [6.45, 7) is 4.08. The molecule has 4 nitrogen and oxygen atoms in total. The first-order valence-corrected chi connectivity index (χ1v) is 8.42. The normalized spacial score (nSPS) is 18.1. The molecule has 120 valence electrons. The molecule has 1 fully saturated rings. The van der Waals surface area contributed by atoms with E-state index in [2.05, 4.69) is 53.2 Å². The summed E-state index contributed by atoms with van der Waals surface area (Å²) in [7, 11) is 0. The Morgan fingerprint density at radius 1 is 1.25 bits per heavy atom. The molecule has 2 heterocycles. The van der Waals surface area contributed by atoms with Crippen LogP contribution in [-0.2, 0) is 6.54 Å². The number of likely N-dealkylation sites (tertiary alicyclic amines) is 1. The topological polar surface area (TPSA) is 55.7 Å². The highest BCUT2D eigenvalue weighted by molar-refractivity contribution is 5.75. The van der Waals surface area contributed by atoms with E-state index >= 15 is 0 Å². The molecule has 0 amide bonds. The Balaban J connectivity index is 1.58. The first-order valence-electron chi connectivity index (χ1n) is 8.42. The van der Waals surface area contributed by atoms with Crippen LogP contribution in [0.5, 0.6) is 0 Å². The van der Waals surface area contributed by atoms with E-state index in [-0.39, 0.29) is 0 Å². The Kier molecular flexibility index (Phi) is 3.79. The van der Waals surface area contributed by atoms with Gasteiger partial charge in [-0.15, -0.1) is 0 Å². The van der Waals surface area contributed by atoms with E-state index in [9.17, 15) is 0 Å². The van der Waals surface area contributed by atoms with Gasteiger partial charge < -0.3 is 4.98 Å². The third kappa shape index (κ3) is 2.79. The zero-order valence-electron chi connectivity index (χ0n) is 13.8. The Morgan fingerprint density at radius 2 is 2.08 bits per heavy atom. The van der Waals surface area contributed by atoms with E-state index in [1.54, 1.807) is 0 Å². The lowest BCUT2D eigenvalue weighted by molar-refractivity contribution is 0.241. The zero-order chi connectivity index (χ0) is 16.5. The van der Waals surface area contributed by atoms with Gasteiger partial charge in [-0.25, -0.2) is 4.98 Å². The van der Waals surface area contributed by atoms with Crippen LogP contribution in [0.1, 0.15) is 41.4 Å². The van der Waals surface area contributed by atoms with Crippen LogP contribution in [-0.4, -0.2) is 21.4 Å². The van der Waals surface area contributed by atoms with Gasteiger partial charge in [0.15, 0.2) is 0 Å². The van der Waals surface area contributed by atoms with Gasteiger partial charge in [0.1, 0.15) is 5.82 Å². The number of rotatable bonds is 3. The lowest BCUT2D eigenvalue weighted by Gasteiger charge is -2.22. The molecule has 2 aromatic carbocycles. The number of aromatic nitrogens is 2. The average Bonchev–Trinajstić information content (AvgIpc) is 3.21. The van der Waals surface area contributed by atoms with Crippen molar-refractivity contribution < 1.29 is 0 Å². The molecule has 1 unspecified atom stereocenters. The molecule has 1 atom stereocenters. The average molecular weight is 316 g/mol. The van der Waals surface area contributed by atoms with Crippen molar-refractivity contribution >= 4 is 11.0 Å². The largest absolute Gasteiger partial charge is 0.341 e. The number of benzene rings is 2. The lowest BCUT2D eigenvalue weighted by Crippen LogP contribution is -2.23. The highest BCUT2D eigenvalue weighted by atomic mass is 15.2. The van der Waals surface area contributed by atoms with E-state index in [1.165, 1.54) is 17.5 Å². The molecule has 3 aromatic rings. The molecular formula is C20H20N4. The van der Waals surface area contributed by atoms with Crippen LogP contribution in [0, 0.1) is 18.3 Å². The first kappa shape index (κ1) is 14.9. The molecule has 0 bridgehead atoms. The van der Waals surface area contributed by atoms with Gasteiger partial charge in [-0.05, 0) is 61.7 Å². The van der Waals surface area contributed by atoms with Crippen molar-refractivity contribution in [3.63, 3.8) is 0 Å². The van der Waals surface area contributed by atoms with Gasteiger partial charge in [0.25, 0.3) is 0 Å². The number of aryl methyl sites for hydroxylation is 1. The molecule has 0 saturated carbocycles. The molecule has 0 spiro atoms. The van der Waals surface area contributed by atoms with E-state index < -0.39 is 0 Å². The van der Waals surface area contributed by atoms with Crippen molar-refractivity contribution in [2.75, 3.05) is 6.54 Å². The maximum atomic E-state index is 8.92. The Bertz CT molecular complexity index is 902. The van der Waals surface area contributed by atoms with Gasteiger partial charge >= 0.3 is 0 Å². The molecule has 0 radical (unpaired) electrons. The fraction of sp³-hybridized carbons (Fsp3) is 0.300.